The fourth-order valence-corrected chi connectivity index (χ4v) is 4.09. The minimum Gasteiger partial charge on any atom is -0.382 e. The van der Waals surface area contributed by atoms with Crippen LogP contribution in [0.3, 0.4) is 0 Å². The van der Waals surface area contributed by atoms with Gasteiger partial charge in [-0.15, -0.1) is 0 Å². The van der Waals surface area contributed by atoms with Crippen LogP contribution in [0.5, 0.6) is 0 Å². The molecular weight excluding hydrogens is 490 g/mol. The molecule has 5 aromatic rings. The molecule has 0 radical (unpaired) electrons. The molecule has 39 heavy (non-hydrogen) atoms. The summed E-state index contributed by atoms with van der Waals surface area (Å²) in [4.78, 5) is 30.1. The van der Waals surface area contributed by atoms with Gasteiger partial charge in [0.2, 0.25) is 0 Å². The Balaban J connectivity index is 1.45. The average Bonchev–Trinajstić information content (AvgIpc) is 3.00. The molecule has 1 heterocycles. The van der Waals surface area contributed by atoms with Crippen molar-refractivity contribution in [3.8, 4) is 22.5 Å². The van der Waals surface area contributed by atoms with Crippen molar-refractivity contribution in [2.45, 2.75) is 12.6 Å². The van der Waals surface area contributed by atoms with E-state index < -0.39 is 24.2 Å². The maximum absolute atomic E-state index is 12.9. The molecule has 0 saturated heterocycles. The lowest BCUT2D eigenvalue weighted by Gasteiger charge is -2.15. The highest BCUT2D eigenvalue weighted by Gasteiger charge is 2.19. The molecule has 0 aliphatic carbocycles. The maximum Gasteiger partial charge on any atom is 0.365 e. The lowest BCUT2D eigenvalue weighted by Crippen LogP contribution is -2.34. The second-order valence-electron chi connectivity index (χ2n) is 8.69. The number of benzene rings is 4. The number of aliphatic hydroxyl groups is 1. The minimum absolute atomic E-state index is 0.262. The largest absolute Gasteiger partial charge is 0.382 e. The van der Waals surface area contributed by atoms with Gasteiger partial charge in [-0.1, -0.05) is 121 Å². The highest BCUT2D eigenvalue weighted by atomic mass is 16.3. The maximum atomic E-state index is 12.9. The lowest BCUT2D eigenvalue weighted by atomic mass is 9.99. The van der Waals surface area contributed by atoms with Gasteiger partial charge in [-0.05, 0) is 5.56 Å². The van der Waals surface area contributed by atoms with Crippen molar-refractivity contribution >= 4 is 11.6 Å². The predicted molar refractivity (Wildman–Crippen MR) is 150 cm³/mol. The SMILES string of the molecule is O=C(Cn1nc(-c2ccccc2)c(-c2ccccc2)nc1=O)N/N=C(/c1ccccc1)C(O)c1ccccc1. The lowest BCUT2D eigenvalue weighted by molar-refractivity contribution is -0.121. The number of hydrazone groups is 1. The third kappa shape index (κ3) is 6.03. The second kappa shape index (κ2) is 11.9. The summed E-state index contributed by atoms with van der Waals surface area (Å²) < 4.78 is 1.01. The highest BCUT2D eigenvalue weighted by molar-refractivity contribution is 6.04. The van der Waals surface area contributed by atoms with Crippen molar-refractivity contribution < 1.29 is 9.90 Å². The Morgan fingerprint density at radius 3 is 1.87 bits per heavy atom. The monoisotopic (exact) mass is 515 g/mol. The van der Waals surface area contributed by atoms with E-state index in [2.05, 4.69) is 20.6 Å². The number of aliphatic hydroxyl groups excluding tert-OH is 1. The first-order valence-electron chi connectivity index (χ1n) is 12.3. The number of nitrogens with one attached hydrogen (secondary N) is 1. The molecule has 1 amide bonds. The first-order valence-corrected chi connectivity index (χ1v) is 12.3. The van der Waals surface area contributed by atoms with Crippen LogP contribution in [0.15, 0.2) is 131 Å². The van der Waals surface area contributed by atoms with Crippen LogP contribution >= 0.6 is 0 Å². The van der Waals surface area contributed by atoms with Gasteiger partial charge in [0, 0.05) is 16.7 Å². The van der Waals surface area contributed by atoms with Crippen LogP contribution in [0, 0.1) is 0 Å². The van der Waals surface area contributed by atoms with Gasteiger partial charge in [0.1, 0.15) is 29.7 Å². The van der Waals surface area contributed by atoms with E-state index >= 15 is 0 Å². The number of hydrogen-bond acceptors (Lipinski definition) is 6. The molecule has 1 atom stereocenters. The summed E-state index contributed by atoms with van der Waals surface area (Å²) in [5.74, 6) is -0.591. The Bertz CT molecular complexity index is 1640. The Kier molecular flexibility index (Phi) is 7.76. The van der Waals surface area contributed by atoms with Crippen molar-refractivity contribution in [3.63, 3.8) is 0 Å². The van der Waals surface area contributed by atoms with Crippen LogP contribution in [0.4, 0.5) is 0 Å². The zero-order valence-electron chi connectivity index (χ0n) is 20.9. The molecule has 0 aliphatic rings. The second-order valence-corrected chi connectivity index (χ2v) is 8.69. The Hall–Kier alpha value is -5.21. The number of amides is 1. The normalized spacial score (nSPS) is 12.1. The summed E-state index contributed by atoms with van der Waals surface area (Å²) in [7, 11) is 0. The van der Waals surface area contributed by atoms with E-state index in [9.17, 15) is 14.7 Å². The Morgan fingerprint density at radius 2 is 1.28 bits per heavy atom. The van der Waals surface area contributed by atoms with Gasteiger partial charge in [-0.2, -0.15) is 15.2 Å². The van der Waals surface area contributed by atoms with Crippen molar-refractivity contribution in [3.05, 3.63) is 143 Å². The topological polar surface area (TPSA) is 109 Å². The third-order valence-corrected chi connectivity index (χ3v) is 6.01. The molecule has 8 heteroatoms. The average molecular weight is 516 g/mol. The fraction of sp³-hybridized carbons (Fsp3) is 0.0645. The van der Waals surface area contributed by atoms with E-state index in [4.69, 9.17) is 0 Å². The molecule has 0 spiro atoms. The zero-order chi connectivity index (χ0) is 27.0. The number of carbonyl (C=O) groups excluding carboxylic acids is 1. The number of hydrogen-bond donors (Lipinski definition) is 2. The van der Waals surface area contributed by atoms with Crippen molar-refractivity contribution in [2.75, 3.05) is 0 Å². The van der Waals surface area contributed by atoms with Crippen LogP contribution in [0.1, 0.15) is 17.2 Å². The minimum atomic E-state index is -1.08. The molecule has 2 N–H and O–H groups in total. The van der Waals surface area contributed by atoms with E-state index in [0.29, 0.717) is 22.5 Å². The molecule has 1 unspecified atom stereocenters. The molecule has 0 fully saturated rings. The number of nitrogens with zero attached hydrogens (tertiary/aromatic N) is 4. The van der Waals surface area contributed by atoms with Crippen LogP contribution in [-0.4, -0.2) is 31.5 Å². The Labute approximate surface area is 224 Å². The van der Waals surface area contributed by atoms with Gasteiger partial charge in [0.15, 0.2) is 0 Å². The summed E-state index contributed by atoms with van der Waals surface area (Å²) in [5.41, 5.74) is 5.74. The quantitative estimate of drug-likeness (QED) is 0.238. The van der Waals surface area contributed by atoms with Gasteiger partial charge in [-0.25, -0.2) is 14.9 Å². The predicted octanol–water partition coefficient (Wildman–Crippen LogP) is 4.23. The molecule has 5 rings (SSSR count). The van der Waals surface area contributed by atoms with Crippen LogP contribution in [0.25, 0.3) is 22.5 Å². The van der Waals surface area contributed by atoms with Gasteiger partial charge in [0.25, 0.3) is 5.91 Å². The summed E-state index contributed by atoms with van der Waals surface area (Å²) in [6.07, 6.45) is -1.08. The van der Waals surface area contributed by atoms with Gasteiger partial charge in [0.05, 0.1) is 0 Å². The van der Waals surface area contributed by atoms with E-state index in [0.717, 1.165) is 15.8 Å². The molecule has 192 valence electrons. The third-order valence-electron chi connectivity index (χ3n) is 6.01. The van der Waals surface area contributed by atoms with E-state index in [1.165, 1.54) is 0 Å². The van der Waals surface area contributed by atoms with Crippen LogP contribution in [0.2, 0.25) is 0 Å². The summed E-state index contributed by atoms with van der Waals surface area (Å²) in [6.45, 7) is -0.409. The fourth-order valence-electron chi connectivity index (χ4n) is 4.09. The Morgan fingerprint density at radius 1 is 0.769 bits per heavy atom. The summed E-state index contributed by atoms with van der Waals surface area (Å²) in [6, 6.07) is 36.8. The molecule has 4 aromatic carbocycles. The van der Waals surface area contributed by atoms with Gasteiger partial charge in [-0.3, -0.25) is 4.79 Å². The number of carbonyl (C=O) groups is 1. The number of aromatic nitrogens is 3. The first-order chi connectivity index (χ1) is 19.1. The molecule has 1 aromatic heterocycles. The molecule has 0 bridgehead atoms. The van der Waals surface area contributed by atoms with Crippen LogP contribution < -0.4 is 11.1 Å². The van der Waals surface area contributed by atoms with Gasteiger partial charge >= 0.3 is 5.69 Å². The van der Waals surface area contributed by atoms with Crippen molar-refractivity contribution in [1.29, 1.82) is 0 Å². The molecule has 0 saturated carbocycles. The number of rotatable bonds is 8. The molecule has 0 aliphatic heterocycles. The smallest absolute Gasteiger partial charge is 0.365 e. The standard InChI is InChI=1S/C31H25N5O3/c37-26(33-34-29(24-17-9-3-10-18-24)30(38)25-19-11-4-12-20-25)21-36-31(39)32-27(22-13-5-1-6-14-22)28(35-36)23-15-7-2-8-16-23/h1-20,30,38H,21H2,(H,33,37)/b34-29-. The zero-order valence-corrected chi connectivity index (χ0v) is 20.9. The van der Waals surface area contributed by atoms with E-state index in [-0.39, 0.29) is 5.71 Å². The highest BCUT2D eigenvalue weighted by Crippen LogP contribution is 2.27. The van der Waals surface area contributed by atoms with Crippen LogP contribution in [-0.2, 0) is 11.3 Å². The van der Waals surface area contributed by atoms with Crippen molar-refractivity contribution in [2.24, 2.45) is 5.10 Å². The van der Waals surface area contributed by atoms with E-state index in [1.807, 2.05) is 97.1 Å². The van der Waals surface area contributed by atoms with Gasteiger partial charge < -0.3 is 5.11 Å². The summed E-state index contributed by atoms with van der Waals surface area (Å²) in [5, 5.41) is 19.8. The van der Waals surface area contributed by atoms with Crippen molar-refractivity contribution in [1.82, 2.24) is 20.2 Å². The molecule has 8 nitrogen and oxygen atoms in total. The van der Waals surface area contributed by atoms with E-state index in [1.54, 1.807) is 24.3 Å². The molecular formula is C31H25N5O3. The summed E-state index contributed by atoms with van der Waals surface area (Å²) >= 11 is 0. The first kappa shape index (κ1) is 25.4.